The van der Waals surface area contributed by atoms with Crippen molar-refractivity contribution in [3.8, 4) is 0 Å². The Balaban J connectivity index is 5.87. The third-order valence-corrected chi connectivity index (χ3v) is 2.56. The average molecular weight is 371 g/mol. The maximum Gasteiger partial charge on any atom is 0.420 e. The molecule has 0 aliphatic rings. The predicted octanol–water partition coefficient (Wildman–Crippen LogP) is 4.45. The van der Waals surface area contributed by atoms with Crippen LogP contribution in [0.1, 0.15) is 68.7 Å². The van der Waals surface area contributed by atoms with Crippen molar-refractivity contribution in [1.29, 1.82) is 0 Å². The molecule has 0 aliphatic carbocycles. The number of esters is 1. The first-order valence-electron chi connectivity index (χ1n) is 8.56. The molecule has 1 atom stereocenters. The summed E-state index contributed by atoms with van der Waals surface area (Å²) in [7, 11) is 0. The molecular formula is C19H33NO6. The molecule has 0 unspecified atom stereocenters. The highest BCUT2D eigenvalue weighted by Crippen LogP contribution is 2.21. The number of hydrogen-bond donors (Lipinski definition) is 0. The average Bonchev–Trinajstić information content (AvgIpc) is 2.31. The lowest BCUT2D eigenvalue weighted by Crippen LogP contribution is -2.53. The van der Waals surface area contributed by atoms with Crippen LogP contribution in [0.3, 0.4) is 0 Å². The summed E-state index contributed by atoms with van der Waals surface area (Å²) >= 11 is 0. The lowest BCUT2D eigenvalue weighted by Gasteiger charge is -2.33. The first-order valence-corrected chi connectivity index (χ1v) is 8.56. The van der Waals surface area contributed by atoms with Crippen molar-refractivity contribution in [3.63, 3.8) is 0 Å². The molecule has 150 valence electrons. The fraction of sp³-hybridized carbons (Fsp3) is 0.737. The molecule has 0 N–H and O–H groups in total. The fourth-order valence-corrected chi connectivity index (χ4v) is 1.79. The molecule has 0 bridgehead atoms. The van der Waals surface area contributed by atoms with Gasteiger partial charge in [0.25, 0.3) is 0 Å². The lowest BCUT2D eigenvalue weighted by molar-refractivity contribution is -0.160. The van der Waals surface area contributed by atoms with Crippen LogP contribution in [0.15, 0.2) is 12.7 Å². The maximum atomic E-state index is 12.6. The van der Waals surface area contributed by atoms with Crippen molar-refractivity contribution < 1.29 is 28.6 Å². The monoisotopic (exact) mass is 371 g/mol. The predicted molar refractivity (Wildman–Crippen MR) is 98.8 cm³/mol. The van der Waals surface area contributed by atoms with Crippen molar-refractivity contribution >= 4 is 18.2 Å². The van der Waals surface area contributed by atoms with Crippen LogP contribution < -0.4 is 0 Å². The van der Waals surface area contributed by atoms with Crippen LogP contribution in [0.5, 0.6) is 0 Å². The Kier molecular flexibility index (Phi) is 7.88. The van der Waals surface area contributed by atoms with E-state index in [1.165, 1.54) is 6.08 Å². The van der Waals surface area contributed by atoms with E-state index in [-0.39, 0.29) is 6.42 Å². The van der Waals surface area contributed by atoms with E-state index in [0.29, 0.717) is 4.90 Å². The normalized spacial score (nSPS) is 13.4. The molecule has 0 radical (unpaired) electrons. The van der Waals surface area contributed by atoms with Gasteiger partial charge in [0, 0.05) is 0 Å². The Morgan fingerprint density at radius 1 is 0.808 bits per heavy atom. The molecule has 0 fully saturated rings. The van der Waals surface area contributed by atoms with E-state index >= 15 is 0 Å². The number of carbonyl (C=O) groups is 3. The van der Waals surface area contributed by atoms with E-state index in [9.17, 15) is 14.4 Å². The molecule has 0 spiro atoms. The first-order chi connectivity index (χ1) is 11.5. The number of carbonyl (C=O) groups excluding carboxylic acids is 3. The summed E-state index contributed by atoms with van der Waals surface area (Å²) in [4.78, 5) is 38.5. The standard InChI is InChI=1S/C19H33NO6/c1-11-12-13(14(21)24-17(2,3)4)20(15(22)25-18(5,6)7)16(23)26-19(8,9)10/h11,13H,1,12H2,2-10H3/t13-/m0/s1. The van der Waals surface area contributed by atoms with Gasteiger partial charge >= 0.3 is 18.2 Å². The number of nitrogens with zero attached hydrogens (tertiary/aromatic N) is 1. The van der Waals surface area contributed by atoms with Crippen molar-refractivity contribution in [1.82, 2.24) is 4.90 Å². The number of amides is 2. The van der Waals surface area contributed by atoms with Crippen LogP contribution in [-0.4, -0.2) is 45.9 Å². The van der Waals surface area contributed by atoms with Crippen LogP contribution >= 0.6 is 0 Å². The Bertz CT molecular complexity index is 506. The minimum absolute atomic E-state index is 0.00734. The van der Waals surface area contributed by atoms with Gasteiger partial charge in [-0.25, -0.2) is 14.4 Å². The third kappa shape index (κ3) is 9.44. The van der Waals surface area contributed by atoms with Crippen molar-refractivity contribution in [3.05, 3.63) is 12.7 Å². The summed E-state index contributed by atoms with van der Waals surface area (Å²) in [6, 6.07) is -1.24. The molecule has 0 aromatic rings. The zero-order chi connectivity index (χ0) is 20.9. The Hall–Kier alpha value is -2.05. The van der Waals surface area contributed by atoms with Crippen LogP contribution in [0.4, 0.5) is 9.59 Å². The number of imide groups is 1. The summed E-state index contributed by atoms with van der Waals surface area (Å²) in [6.07, 6.45) is -0.530. The molecule has 0 aliphatic heterocycles. The molecule has 26 heavy (non-hydrogen) atoms. The van der Waals surface area contributed by atoms with E-state index in [4.69, 9.17) is 14.2 Å². The van der Waals surface area contributed by atoms with Crippen LogP contribution in [0.25, 0.3) is 0 Å². The number of hydrogen-bond acceptors (Lipinski definition) is 6. The molecule has 2 amide bonds. The highest BCUT2D eigenvalue weighted by Gasteiger charge is 2.41. The zero-order valence-electron chi connectivity index (χ0n) is 17.5. The summed E-state index contributed by atoms with van der Waals surface area (Å²) < 4.78 is 15.9. The van der Waals surface area contributed by atoms with Gasteiger partial charge in [0.05, 0.1) is 0 Å². The minimum atomic E-state index is -1.24. The molecular weight excluding hydrogens is 338 g/mol. The van der Waals surface area contributed by atoms with Gasteiger partial charge in [-0.1, -0.05) is 6.08 Å². The van der Waals surface area contributed by atoms with Gasteiger partial charge in [-0.05, 0) is 68.7 Å². The number of ether oxygens (including phenoxy) is 3. The molecule has 0 saturated heterocycles. The molecule has 7 nitrogen and oxygen atoms in total. The van der Waals surface area contributed by atoms with E-state index in [1.807, 2.05) is 0 Å². The van der Waals surface area contributed by atoms with E-state index in [0.717, 1.165) is 0 Å². The summed E-state index contributed by atoms with van der Waals surface area (Å²) in [5.74, 6) is -0.742. The Labute approximate surface area is 156 Å². The second-order valence-corrected chi connectivity index (χ2v) is 8.90. The van der Waals surface area contributed by atoms with Crippen LogP contribution in [0.2, 0.25) is 0 Å². The van der Waals surface area contributed by atoms with E-state index in [2.05, 4.69) is 6.58 Å². The molecule has 0 aromatic heterocycles. The quantitative estimate of drug-likeness (QED) is 0.413. The summed E-state index contributed by atoms with van der Waals surface area (Å²) in [5.41, 5.74) is -2.50. The summed E-state index contributed by atoms with van der Waals surface area (Å²) in [6.45, 7) is 18.6. The summed E-state index contributed by atoms with van der Waals surface area (Å²) in [5, 5.41) is 0. The molecule has 7 heteroatoms. The second-order valence-electron chi connectivity index (χ2n) is 8.90. The Morgan fingerprint density at radius 2 is 1.15 bits per heavy atom. The van der Waals surface area contributed by atoms with Gasteiger partial charge < -0.3 is 14.2 Å². The van der Waals surface area contributed by atoms with E-state index in [1.54, 1.807) is 62.3 Å². The van der Waals surface area contributed by atoms with Gasteiger partial charge in [-0.3, -0.25) is 0 Å². The zero-order valence-corrected chi connectivity index (χ0v) is 17.5. The highest BCUT2D eigenvalue weighted by molar-refractivity contribution is 5.94. The molecule has 0 heterocycles. The smallest absolute Gasteiger partial charge is 0.420 e. The lowest BCUT2D eigenvalue weighted by atomic mass is 10.1. The van der Waals surface area contributed by atoms with Crippen LogP contribution in [0, 0.1) is 0 Å². The van der Waals surface area contributed by atoms with Crippen molar-refractivity contribution in [2.75, 3.05) is 0 Å². The highest BCUT2D eigenvalue weighted by atomic mass is 16.6. The molecule has 0 aromatic carbocycles. The van der Waals surface area contributed by atoms with Gasteiger partial charge in [0.15, 0.2) is 0 Å². The topological polar surface area (TPSA) is 82.1 Å². The van der Waals surface area contributed by atoms with Crippen molar-refractivity contribution in [2.24, 2.45) is 0 Å². The third-order valence-electron chi connectivity index (χ3n) is 2.56. The second kappa shape index (κ2) is 8.56. The largest absolute Gasteiger partial charge is 0.458 e. The van der Waals surface area contributed by atoms with Gasteiger partial charge in [-0.2, -0.15) is 4.90 Å². The fourth-order valence-electron chi connectivity index (χ4n) is 1.79. The first kappa shape index (κ1) is 23.9. The van der Waals surface area contributed by atoms with Crippen LogP contribution in [-0.2, 0) is 19.0 Å². The molecule has 0 saturated carbocycles. The Morgan fingerprint density at radius 3 is 1.42 bits per heavy atom. The van der Waals surface area contributed by atoms with E-state index < -0.39 is 41.0 Å². The minimum Gasteiger partial charge on any atom is -0.458 e. The van der Waals surface area contributed by atoms with Crippen molar-refractivity contribution in [2.45, 2.75) is 91.6 Å². The number of rotatable bonds is 4. The molecule has 0 rings (SSSR count). The van der Waals surface area contributed by atoms with Gasteiger partial charge in [0.2, 0.25) is 0 Å². The van der Waals surface area contributed by atoms with Gasteiger partial charge in [0.1, 0.15) is 22.8 Å². The van der Waals surface area contributed by atoms with Gasteiger partial charge in [-0.15, -0.1) is 6.58 Å². The maximum absolute atomic E-state index is 12.6. The SMILES string of the molecule is C=CC[C@@H](C(=O)OC(C)(C)C)N(C(=O)OC(C)(C)C)C(=O)OC(C)(C)C.